The summed E-state index contributed by atoms with van der Waals surface area (Å²) in [5.41, 5.74) is 0.329. The van der Waals surface area contributed by atoms with Gasteiger partial charge in [-0.2, -0.15) is 0 Å². The van der Waals surface area contributed by atoms with E-state index in [1.165, 1.54) is 0 Å². The number of rotatable bonds is 5. The van der Waals surface area contributed by atoms with Gasteiger partial charge in [0.1, 0.15) is 16.8 Å². The molecular formula is C11H16ClN3O. The number of carbonyl (C=O) groups excluding carboxylic acids is 1. The number of halogens is 1. The number of nitrogens with zero attached hydrogens (tertiary/aromatic N) is 2. The van der Waals surface area contributed by atoms with Crippen molar-refractivity contribution in [2.45, 2.75) is 39.7 Å². The fourth-order valence-electron chi connectivity index (χ4n) is 1.50. The van der Waals surface area contributed by atoms with E-state index in [-0.39, 0.29) is 11.2 Å². The minimum absolute atomic E-state index is 0.202. The van der Waals surface area contributed by atoms with E-state index in [2.05, 4.69) is 22.2 Å². The van der Waals surface area contributed by atoms with Crippen molar-refractivity contribution in [3.05, 3.63) is 16.5 Å². The third kappa shape index (κ3) is 3.17. The zero-order valence-corrected chi connectivity index (χ0v) is 10.5. The van der Waals surface area contributed by atoms with Crippen LogP contribution in [0.2, 0.25) is 5.15 Å². The first-order valence-electron chi connectivity index (χ1n) is 5.34. The van der Waals surface area contributed by atoms with E-state index in [0.717, 1.165) is 12.8 Å². The van der Waals surface area contributed by atoms with Crippen LogP contribution in [0.1, 0.15) is 42.9 Å². The van der Waals surface area contributed by atoms with Crippen molar-refractivity contribution in [1.29, 1.82) is 0 Å². The molecule has 0 amide bonds. The Kier molecular flexibility index (Phi) is 4.68. The Hall–Kier alpha value is -1.16. The van der Waals surface area contributed by atoms with Gasteiger partial charge in [-0.05, 0) is 20.3 Å². The van der Waals surface area contributed by atoms with Gasteiger partial charge in [0.25, 0.3) is 0 Å². The van der Waals surface area contributed by atoms with Crippen LogP contribution >= 0.6 is 11.6 Å². The Morgan fingerprint density at radius 2 is 2.19 bits per heavy atom. The summed E-state index contributed by atoms with van der Waals surface area (Å²) in [7, 11) is 0. The minimum Gasteiger partial charge on any atom is -0.367 e. The number of carbonyl (C=O) groups is 1. The largest absolute Gasteiger partial charge is 0.367 e. The molecular weight excluding hydrogens is 226 g/mol. The Bertz CT molecular complexity index is 382. The summed E-state index contributed by atoms with van der Waals surface area (Å²) >= 11 is 5.87. The lowest BCUT2D eigenvalue weighted by Crippen LogP contribution is -2.17. The number of hydrogen-bond donors (Lipinski definition) is 1. The fraction of sp³-hybridized carbons (Fsp3) is 0.545. The van der Waals surface area contributed by atoms with Crippen LogP contribution in [0.15, 0.2) is 0 Å². The maximum atomic E-state index is 10.9. The maximum Gasteiger partial charge on any atom is 0.156 e. The molecule has 0 aromatic carbocycles. The quantitative estimate of drug-likeness (QED) is 0.636. The summed E-state index contributed by atoms with van der Waals surface area (Å²) in [6, 6.07) is 0.258. The highest BCUT2D eigenvalue weighted by molar-refractivity contribution is 6.32. The summed E-state index contributed by atoms with van der Waals surface area (Å²) < 4.78 is 0. The molecule has 0 radical (unpaired) electrons. The van der Waals surface area contributed by atoms with E-state index in [1.54, 1.807) is 6.92 Å². The first-order valence-corrected chi connectivity index (χ1v) is 5.72. The summed E-state index contributed by atoms with van der Waals surface area (Å²) in [5, 5.41) is 3.38. The second-order valence-electron chi connectivity index (χ2n) is 3.78. The van der Waals surface area contributed by atoms with E-state index in [4.69, 9.17) is 11.6 Å². The van der Waals surface area contributed by atoms with Crippen molar-refractivity contribution in [3.8, 4) is 0 Å². The molecule has 0 saturated carbocycles. The van der Waals surface area contributed by atoms with Gasteiger partial charge in [0.05, 0.1) is 5.56 Å². The van der Waals surface area contributed by atoms with Gasteiger partial charge in [0, 0.05) is 6.04 Å². The molecule has 1 aromatic heterocycles. The molecule has 1 aromatic rings. The third-order valence-corrected chi connectivity index (χ3v) is 2.52. The van der Waals surface area contributed by atoms with Crippen molar-refractivity contribution in [2.24, 2.45) is 0 Å². The highest BCUT2D eigenvalue weighted by Gasteiger charge is 2.12. The number of anilines is 1. The SMILES string of the molecule is CCCC(C)Nc1nc(C)nc(Cl)c1C=O. The van der Waals surface area contributed by atoms with E-state index in [0.29, 0.717) is 23.5 Å². The minimum atomic E-state index is 0.202. The van der Waals surface area contributed by atoms with E-state index in [9.17, 15) is 4.79 Å². The van der Waals surface area contributed by atoms with E-state index in [1.807, 2.05) is 6.92 Å². The molecule has 0 aliphatic heterocycles. The molecule has 0 saturated heterocycles. The van der Waals surface area contributed by atoms with Crippen molar-refractivity contribution >= 4 is 23.7 Å². The monoisotopic (exact) mass is 241 g/mol. The molecule has 1 atom stereocenters. The standard InChI is InChI=1S/C11H16ClN3O/c1-4-5-7(2)13-11-9(6-16)10(12)14-8(3)15-11/h6-7H,4-5H2,1-3H3,(H,13,14,15). The fourth-order valence-corrected chi connectivity index (χ4v) is 1.76. The molecule has 0 bridgehead atoms. The normalized spacial score (nSPS) is 12.2. The first-order chi connectivity index (χ1) is 7.58. The molecule has 1 rings (SSSR count). The average Bonchev–Trinajstić information content (AvgIpc) is 2.17. The highest BCUT2D eigenvalue weighted by Crippen LogP contribution is 2.20. The van der Waals surface area contributed by atoms with Crippen LogP contribution in [-0.4, -0.2) is 22.3 Å². The topological polar surface area (TPSA) is 54.9 Å². The van der Waals surface area contributed by atoms with Crippen LogP contribution in [0.25, 0.3) is 0 Å². The number of aromatic nitrogens is 2. The number of hydrogen-bond acceptors (Lipinski definition) is 4. The lowest BCUT2D eigenvalue weighted by Gasteiger charge is -2.15. The van der Waals surface area contributed by atoms with Crippen molar-refractivity contribution < 1.29 is 4.79 Å². The second kappa shape index (κ2) is 5.80. The van der Waals surface area contributed by atoms with Crippen LogP contribution in [0.5, 0.6) is 0 Å². The van der Waals surface area contributed by atoms with E-state index >= 15 is 0 Å². The third-order valence-electron chi connectivity index (χ3n) is 2.23. The summed E-state index contributed by atoms with van der Waals surface area (Å²) in [6.45, 7) is 5.90. The van der Waals surface area contributed by atoms with E-state index < -0.39 is 0 Å². The van der Waals surface area contributed by atoms with Crippen LogP contribution in [0.4, 0.5) is 5.82 Å². The average molecular weight is 242 g/mol. The lowest BCUT2D eigenvalue weighted by atomic mass is 10.2. The predicted molar refractivity (Wildman–Crippen MR) is 65.2 cm³/mol. The summed E-state index contributed by atoms with van der Waals surface area (Å²) in [6.07, 6.45) is 2.77. The molecule has 1 N–H and O–H groups in total. The zero-order chi connectivity index (χ0) is 12.1. The Morgan fingerprint density at radius 3 is 2.75 bits per heavy atom. The van der Waals surface area contributed by atoms with Crippen LogP contribution < -0.4 is 5.32 Å². The Balaban J connectivity index is 2.97. The Labute approximate surface area is 100 Å². The van der Waals surface area contributed by atoms with Gasteiger partial charge in [-0.15, -0.1) is 0 Å². The summed E-state index contributed by atoms with van der Waals surface area (Å²) in [5.74, 6) is 1.08. The molecule has 4 nitrogen and oxygen atoms in total. The molecule has 88 valence electrons. The van der Waals surface area contributed by atoms with Crippen molar-refractivity contribution in [2.75, 3.05) is 5.32 Å². The maximum absolute atomic E-state index is 10.9. The van der Waals surface area contributed by atoms with Crippen LogP contribution in [0, 0.1) is 6.92 Å². The van der Waals surface area contributed by atoms with Gasteiger partial charge in [-0.1, -0.05) is 24.9 Å². The van der Waals surface area contributed by atoms with Crippen LogP contribution in [-0.2, 0) is 0 Å². The summed E-state index contributed by atoms with van der Waals surface area (Å²) in [4.78, 5) is 19.0. The highest BCUT2D eigenvalue weighted by atomic mass is 35.5. The van der Waals surface area contributed by atoms with Gasteiger partial charge >= 0.3 is 0 Å². The van der Waals surface area contributed by atoms with Gasteiger partial charge in [0.15, 0.2) is 6.29 Å². The molecule has 0 aliphatic rings. The molecule has 0 fully saturated rings. The van der Waals surface area contributed by atoms with Crippen LogP contribution in [0.3, 0.4) is 0 Å². The van der Waals surface area contributed by atoms with Gasteiger partial charge in [0.2, 0.25) is 0 Å². The molecule has 1 heterocycles. The molecule has 5 heteroatoms. The first kappa shape index (κ1) is 12.9. The number of nitrogens with one attached hydrogen (secondary N) is 1. The van der Waals surface area contributed by atoms with Gasteiger partial charge in [-0.3, -0.25) is 4.79 Å². The second-order valence-corrected chi connectivity index (χ2v) is 4.13. The molecule has 0 spiro atoms. The van der Waals surface area contributed by atoms with Gasteiger partial charge < -0.3 is 5.32 Å². The number of aryl methyl sites for hydroxylation is 1. The zero-order valence-electron chi connectivity index (χ0n) is 9.75. The van der Waals surface area contributed by atoms with Crippen molar-refractivity contribution in [3.63, 3.8) is 0 Å². The molecule has 0 aliphatic carbocycles. The van der Waals surface area contributed by atoms with Crippen molar-refractivity contribution in [1.82, 2.24) is 9.97 Å². The number of aldehydes is 1. The predicted octanol–water partition coefficient (Wildman–Crippen LogP) is 2.85. The Morgan fingerprint density at radius 1 is 1.50 bits per heavy atom. The van der Waals surface area contributed by atoms with Gasteiger partial charge in [-0.25, -0.2) is 9.97 Å². The molecule has 16 heavy (non-hydrogen) atoms. The molecule has 1 unspecified atom stereocenters. The lowest BCUT2D eigenvalue weighted by molar-refractivity contribution is 0.112. The smallest absolute Gasteiger partial charge is 0.156 e.